The van der Waals surface area contributed by atoms with Gasteiger partial charge in [0.25, 0.3) is 0 Å². The summed E-state index contributed by atoms with van der Waals surface area (Å²) in [6, 6.07) is 0.712. The molecule has 0 aromatic carbocycles. The summed E-state index contributed by atoms with van der Waals surface area (Å²) in [7, 11) is 0. The molecule has 2 aromatic rings. The molecular formula is C17H17Cl2F2N5O2. The highest BCUT2D eigenvalue weighted by Crippen LogP contribution is 2.27. The van der Waals surface area contributed by atoms with Crippen molar-refractivity contribution in [1.29, 1.82) is 0 Å². The molecule has 1 amide bonds. The standard InChI is InChI=1S/C17H17Cl2F2N5O2/c18-9-4-10(19)13(22-5-9)8-25-17(28)26-14(2-1-3-15(26)23-25)16(27)24-6-11(20)12(21)7-24/h4-5,11-12,14H,1-3,6-8H2. The summed E-state index contributed by atoms with van der Waals surface area (Å²) in [5.74, 6) is 0.0144. The van der Waals surface area contributed by atoms with Gasteiger partial charge < -0.3 is 4.90 Å². The first kappa shape index (κ1) is 19.3. The van der Waals surface area contributed by atoms with Crippen molar-refractivity contribution in [3.8, 4) is 0 Å². The Morgan fingerprint density at radius 1 is 1.25 bits per heavy atom. The normalized spacial score (nSPS) is 24.4. The van der Waals surface area contributed by atoms with Crippen LogP contribution < -0.4 is 5.69 Å². The maximum Gasteiger partial charge on any atom is 0.347 e. The number of hydrogen-bond donors (Lipinski definition) is 0. The molecule has 7 nitrogen and oxygen atoms in total. The molecule has 1 saturated heterocycles. The molecule has 2 aliphatic rings. The van der Waals surface area contributed by atoms with Gasteiger partial charge in [0.2, 0.25) is 5.91 Å². The van der Waals surface area contributed by atoms with E-state index in [2.05, 4.69) is 10.1 Å². The SMILES string of the molecule is O=C(C1CCCc2nn(Cc3ncc(Cl)cc3Cl)c(=O)n21)N1CC(F)C(F)C1. The molecule has 4 rings (SSSR count). The van der Waals surface area contributed by atoms with E-state index < -0.39 is 30.0 Å². The van der Waals surface area contributed by atoms with E-state index in [9.17, 15) is 18.4 Å². The molecule has 28 heavy (non-hydrogen) atoms. The molecule has 3 atom stereocenters. The summed E-state index contributed by atoms with van der Waals surface area (Å²) >= 11 is 12.0. The number of pyridine rings is 1. The van der Waals surface area contributed by atoms with Crippen LogP contribution in [0.15, 0.2) is 17.1 Å². The number of alkyl halides is 2. The maximum absolute atomic E-state index is 13.5. The minimum atomic E-state index is -1.69. The zero-order chi connectivity index (χ0) is 20.0. The highest BCUT2D eigenvalue weighted by molar-refractivity contribution is 6.34. The van der Waals surface area contributed by atoms with Crippen molar-refractivity contribution in [2.24, 2.45) is 0 Å². The van der Waals surface area contributed by atoms with Gasteiger partial charge in [-0.15, -0.1) is 0 Å². The van der Waals surface area contributed by atoms with E-state index in [4.69, 9.17) is 23.2 Å². The average molecular weight is 432 g/mol. The summed E-state index contributed by atoms with van der Waals surface area (Å²) < 4.78 is 29.5. The number of likely N-dealkylation sites (tertiary alicyclic amines) is 1. The monoisotopic (exact) mass is 431 g/mol. The smallest absolute Gasteiger partial charge is 0.335 e. The Morgan fingerprint density at radius 2 is 1.96 bits per heavy atom. The molecule has 0 aliphatic carbocycles. The van der Waals surface area contributed by atoms with Crippen molar-refractivity contribution in [1.82, 2.24) is 24.2 Å². The van der Waals surface area contributed by atoms with Gasteiger partial charge >= 0.3 is 5.69 Å². The van der Waals surface area contributed by atoms with Gasteiger partial charge in [-0.1, -0.05) is 23.2 Å². The molecule has 4 heterocycles. The fourth-order valence-electron chi connectivity index (χ4n) is 3.68. The van der Waals surface area contributed by atoms with E-state index >= 15 is 0 Å². The third-order valence-corrected chi connectivity index (χ3v) is 5.63. The fourth-order valence-corrected chi connectivity index (χ4v) is 4.12. The Balaban J connectivity index is 1.63. The minimum absolute atomic E-state index is 0.0264. The van der Waals surface area contributed by atoms with Gasteiger partial charge in [0.1, 0.15) is 11.9 Å². The Morgan fingerprint density at radius 3 is 2.64 bits per heavy atom. The quantitative estimate of drug-likeness (QED) is 0.746. The Bertz CT molecular complexity index is 969. The van der Waals surface area contributed by atoms with Gasteiger partial charge in [-0.3, -0.25) is 14.3 Å². The lowest BCUT2D eigenvalue weighted by atomic mass is 10.0. The van der Waals surface area contributed by atoms with E-state index in [0.29, 0.717) is 40.8 Å². The van der Waals surface area contributed by atoms with E-state index in [0.717, 1.165) is 4.90 Å². The second-order valence-electron chi connectivity index (χ2n) is 6.99. The van der Waals surface area contributed by atoms with Crippen LogP contribution in [0.3, 0.4) is 0 Å². The summed E-state index contributed by atoms with van der Waals surface area (Å²) in [4.78, 5) is 31.0. The number of amides is 1. The van der Waals surface area contributed by atoms with Crippen molar-refractivity contribution < 1.29 is 13.6 Å². The number of aryl methyl sites for hydroxylation is 1. The highest BCUT2D eigenvalue weighted by Gasteiger charge is 2.40. The number of rotatable bonds is 3. The lowest BCUT2D eigenvalue weighted by Gasteiger charge is -2.26. The molecule has 2 aliphatic heterocycles. The van der Waals surface area contributed by atoms with Gasteiger partial charge in [0, 0.05) is 12.6 Å². The Kier molecular flexibility index (Phi) is 5.13. The van der Waals surface area contributed by atoms with E-state index in [1.54, 1.807) is 0 Å². The summed E-state index contributed by atoms with van der Waals surface area (Å²) in [6.07, 6.45) is -0.357. The van der Waals surface area contributed by atoms with Crippen LogP contribution >= 0.6 is 23.2 Å². The number of halogens is 4. The van der Waals surface area contributed by atoms with Gasteiger partial charge in [-0.05, 0) is 18.9 Å². The molecule has 11 heteroatoms. The second kappa shape index (κ2) is 7.44. The number of nitrogens with zero attached hydrogens (tertiary/aromatic N) is 5. The van der Waals surface area contributed by atoms with Gasteiger partial charge in [0.15, 0.2) is 12.3 Å². The number of carbonyl (C=O) groups is 1. The lowest BCUT2D eigenvalue weighted by Crippen LogP contribution is -2.42. The molecular weight excluding hydrogens is 415 g/mol. The Hall–Kier alpha value is -2.00. The van der Waals surface area contributed by atoms with E-state index in [-0.39, 0.29) is 19.6 Å². The second-order valence-corrected chi connectivity index (χ2v) is 7.84. The maximum atomic E-state index is 13.5. The van der Waals surface area contributed by atoms with Crippen LogP contribution in [0, 0.1) is 0 Å². The van der Waals surface area contributed by atoms with Crippen molar-refractivity contribution in [2.45, 2.75) is 44.2 Å². The highest BCUT2D eigenvalue weighted by atomic mass is 35.5. The predicted octanol–water partition coefficient (Wildman–Crippen LogP) is 2.19. The van der Waals surface area contributed by atoms with E-state index in [1.807, 2.05) is 0 Å². The first-order chi connectivity index (χ1) is 13.3. The molecule has 150 valence electrons. The average Bonchev–Trinajstić information content (AvgIpc) is 3.16. The summed E-state index contributed by atoms with van der Waals surface area (Å²) in [6.45, 7) is -0.559. The zero-order valence-corrected chi connectivity index (χ0v) is 16.2. The lowest BCUT2D eigenvalue weighted by molar-refractivity contribution is -0.134. The van der Waals surface area contributed by atoms with Crippen molar-refractivity contribution in [2.75, 3.05) is 13.1 Å². The van der Waals surface area contributed by atoms with Crippen molar-refractivity contribution >= 4 is 29.1 Å². The topological polar surface area (TPSA) is 73.0 Å². The molecule has 2 aromatic heterocycles. The molecule has 1 fully saturated rings. The van der Waals surface area contributed by atoms with Crippen molar-refractivity contribution in [3.63, 3.8) is 0 Å². The molecule has 0 N–H and O–H groups in total. The van der Waals surface area contributed by atoms with Crippen LogP contribution in [0.5, 0.6) is 0 Å². The first-order valence-corrected chi connectivity index (χ1v) is 9.66. The molecule has 3 unspecified atom stereocenters. The van der Waals surface area contributed by atoms with E-state index in [1.165, 1.54) is 21.5 Å². The number of aromatic nitrogens is 4. The summed E-state index contributed by atoms with van der Waals surface area (Å²) in [5.41, 5.74) is -0.0553. The molecule has 0 radical (unpaired) electrons. The Labute approximate surface area is 168 Å². The van der Waals surface area contributed by atoms with Gasteiger partial charge in [-0.2, -0.15) is 5.10 Å². The molecule has 0 saturated carbocycles. The van der Waals surface area contributed by atoms with Gasteiger partial charge in [-0.25, -0.2) is 18.3 Å². The van der Waals surface area contributed by atoms with Crippen LogP contribution in [0.4, 0.5) is 8.78 Å². The number of carbonyl (C=O) groups excluding carboxylic acids is 1. The van der Waals surface area contributed by atoms with Crippen LogP contribution in [0.1, 0.15) is 30.4 Å². The van der Waals surface area contributed by atoms with Crippen LogP contribution in [-0.4, -0.2) is 55.6 Å². The number of fused-ring (bicyclic) bond motifs is 1. The first-order valence-electron chi connectivity index (χ1n) is 8.90. The molecule has 0 bridgehead atoms. The number of hydrogen-bond acceptors (Lipinski definition) is 4. The fraction of sp³-hybridized carbons (Fsp3) is 0.529. The summed E-state index contributed by atoms with van der Waals surface area (Å²) in [5, 5.41) is 4.99. The van der Waals surface area contributed by atoms with Crippen molar-refractivity contribution in [3.05, 3.63) is 44.3 Å². The van der Waals surface area contributed by atoms with Crippen LogP contribution in [0.25, 0.3) is 0 Å². The predicted molar refractivity (Wildman–Crippen MR) is 98.2 cm³/mol. The largest absolute Gasteiger partial charge is 0.347 e. The van der Waals surface area contributed by atoms with Crippen LogP contribution in [-0.2, 0) is 17.8 Å². The third-order valence-electron chi connectivity index (χ3n) is 5.09. The third kappa shape index (κ3) is 3.41. The van der Waals surface area contributed by atoms with Crippen LogP contribution in [0.2, 0.25) is 10.0 Å². The zero-order valence-electron chi connectivity index (χ0n) is 14.7. The molecule has 0 spiro atoms. The minimum Gasteiger partial charge on any atom is -0.335 e. The van der Waals surface area contributed by atoms with Gasteiger partial charge in [0.05, 0.1) is 35.4 Å².